The van der Waals surface area contributed by atoms with Gasteiger partial charge in [-0.3, -0.25) is 5.10 Å². The zero-order valence-corrected chi connectivity index (χ0v) is 19.4. The summed E-state index contributed by atoms with van der Waals surface area (Å²) in [4.78, 5) is 16.6. The molecule has 0 bridgehead atoms. The number of thiol groups is 1. The van der Waals surface area contributed by atoms with E-state index in [-0.39, 0.29) is 28.4 Å². The molecule has 1 amide bonds. The van der Waals surface area contributed by atoms with Gasteiger partial charge in [-0.15, -0.1) is 0 Å². The molecule has 2 fully saturated rings. The minimum atomic E-state index is -0.350. The Morgan fingerprint density at radius 2 is 2.16 bits per heavy atom. The summed E-state index contributed by atoms with van der Waals surface area (Å²) in [5.74, 6) is 1.65. The predicted molar refractivity (Wildman–Crippen MR) is 125 cm³/mol. The quantitative estimate of drug-likeness (QED) is 0.413. The molecule has 2 aliphatic rings. The van der Waals surface area contributed by atoms with Crippen LogP contribution in [0.3, 0.4) is 0 Å². The van der Waals surface area contributed by atoms with Crippen molar-refractivity contribution in [2.45, 2.75) is 75.2 Å². The number of aromatic nitrogens is 5. The predicted octanol–water partition coefficient (Wildman–Crippen LogP) is 4.28. The van der Waals surface area contributed by atoms with E-state index in [2.05, 4.69) is 43.5 Å². The Hall–Kier alpha value is -2.75. The van der Waals surface area contributed by atoms with Crippen LogP contribution >= 0.6 is 12.6 Å². The average Bonchev–Trinajstić information content (AvgIpc) is 3.17. The van der Waals surface area contributed by atoms with Gasteiger partial charge in [0.05, 0.1) is 10.4 Å². The number of nitrogens with one attached hydrogen (secondary N) is 3. The summed E-state index contributed by atoms with van der Waals surface area (Å²) in [5.41, 5.74) is 2.70. The Morgan fingerprint density at radius 3 is 2.91 bits per heavy atom. The summed E-state index contributed by atoms with van der Waals surface area (Å²) in [6, 6.07) is 3.99. The smallest absolute Gasteiger partial charge is 0.407 e. The van der Waals surface area contributed by atoms with Crippen LogP contribution in [0.25, 0.3) is 5.52 Å². The summed E-state index contributed by atoms with van der Waals surface area (Å²) >= 11 is 4.62. The van der Waals surface area contributed by atoms with Crippen LogP contribution in [0, 0.1) is 0 Å². The van der Waals surface area contributed by atoms with Gasteiger partial charge in [0.25, 0.3) is 0 Å². The lowest BCUT2D eigenvalue weighted by Crippen LogP contribution is -2.36. The minimum Gasteiger partial charge on any atom is -0.446 e. The second-order valence-corrected chi connectivity index (χ2v) is 10.9. The molecule has 0 radical (unpaired) electrons. The first-order valence-corrected chi connectivity index (χ1v) is 11.5. The van der Waals surface area contributed by atoms with Crippen LogP contribution in [0.4, 0.5) is 16.4 Å². The molecule has 3 heterocycles. The van der Waals surface area contributed by atoms with Gasteiger partial charge in [-0.2, -0.15) is 22.8 Å². The standard InChI is InChI=1S/C22H29N7O2S/c1-21(2,32)17-12-16-19(23-8-9-29(16)28-17)24-18-11-15(26-27-18)13-4-5-14(10-13)31-20(30)25-22(3)6-7-22/h8-9,11-14,32H,4-7,10H2,1-3H3,(H,25,30)(H2,23,24,26,27). The summed E-state index contributed by atoms with van der Waals surface area (Å²) in [5, 5.41) is 18.4. The average molecular weight is 456 g/mol. The van der Waals surface area contributed by atoms with Gasteiger partial charge in [-0.25, -0.2) is 14.3 Å². The van der Waals surface area contributed by atoms with Gasteiger partial charge >= 0.3 is 6.09 Å². The van der Waals surface area contributed by atoms with E-state index >= 15 is 0 Å². The van der Waals surface area contributed by atoms with E-state index in [0.29, 0.717) is 11.6 Å². The molecule has 9 nitrogen and oxygen atoms in total. The fraction of sp³-hybridized carbons (Fsp3) is 0.545. The number of alkyl carbamates (subject to hydrolysis) is 1. The van der Waals surface area contributed by atoms with Crippen molar-refractivity contribution in [3.05, 3.63) is 35.9 Å². The summed E-state index contributed by atoms with van der Waals surface area (Å²) < 4.78 is 7.08. The second-order valence-electron chi connectivity index (χ2n) is 9.75. The number of carbonyl (C=O) groups excluding carboxylic acids is 1. The van der Waals surface area contributed by atoms with Gasteiger partial charge < -0.3 is 15.4 Å². The number of anilines is 2. The maximum absolute atomic E-state index is 12.1. The lowest BCUT2D eigenvalue weighted by Gasteiger charge is -2.16. The van der Waals surface area contributed by atoms with Crippen LogP contribution in [-0.2, 0) is 9.48 Å². The second kappa shape index (κ2) is 7.68. The SMILES string of the molecule is CC1(NC(=O)OC2CCC(c3cc(Nc4nccn5nc(C(C)(C)S)cc45)n[nH]3)C2)CC1. The zero-order valence-electron chi connectivity index (χ0n) is 18.6. The largest absolute Gasteiger partial charge is 0.446 e. The number of ether oxygens (including phenoxy) is 1. The van der Waals surface area contributed by atoms with Crippen molar-refractivity contribution in [2.75, 3.05) is 5.32 Å². The summed E-state index contributed by atoms with van der Waals surface area (Å²) in [7, 11) is 0. The highest BCUT2D eigenvalue weighted by Gasteiger charge is 2.40. The van der Waals surface area contributed by atoms with Crippen molar-refractivity contribution in [1.29, 1.82) is 0 Å². The molecular formula is C22H29N7O2S. The van der Waals surface area contributed by atoms with Crippen molar-refractivity contribution < 1.29 is 9.53 Å². The number of aromatic amines is 1. The number of amides is 1. The first kappa shape index (κ1) is 21.1. The van der Waals surface area contributed by atoms with Crippen LogP contribution in [-0.4, -0.2) is 42.5 Å². The molecule has 0 aromatic carbocycles. The lowest BCUT2D eigenvalue weighted by molar-refractivity contribution is 0.0967. The van der Waals surface area contributed by atoms with E-state index in [1.165, 1.54) is 0 Å². The number of nitrogens with zero attached hydrogens (tertiary/aromatic N) is 4. The van der Waals surface area contributed by atoms with Gasteiger partial charge in [-0.1, -0.05) is 0 Å². The van der Waals surface area contributed by atoms with Crippen molar-refractivity contribution in [1.82, 2.24) is 30.1 Å². The van der Waals surface area contributed by atoms with Gasteiger partial charge in [0.1, 0.15) is 11.6 Å². The summed E-state index contributed by atoms with van der Waals surface area (Å²) in [6.07, 6.45) is 7.81. The topological polar surface area (TPSA) is 109 Å². The van der Waals surface area contributed by atoms with Crippen molar-refractivity contribution in [3.8, 4) is 0 Å². The molecule has 32 heavy (non-hydrogen) atoms. The Kier molecular flexibility index (Phi) is 5.07. The summed E-state index contributed by atoms with van der Waals surface area (Å²) in [6.45, 7) is 6.06. The third-order valence-corrected chi connectivity index (χ3v) is 6.59. The minimum absolute atomic E-state index is 0.0607. The van der Waals surface area contributed by atoms with Crippen LogP contribution < -0.4 is 10.6 Å². The van der Waals surface area contributed by atoms with Crippen molar-refractivity contribution in [3.63, 3.8) is 0 Å². The molecule has 0 saturated heterocycles. The van der Waals surface area contributed by atoms with E-state index in [1.54, 1.807) is 10.7 Å². The van der Waals surface area contributed by atoms with Crippen LogP contribution in [0.5, 0.6) is 0 Å². The number of H-pyrrole nitrogens is 1. The maximum atomic E-state index is 12.1. The van der Waals surface area contributed by atoms with Crippen LogP contribution in [0.2, 0.25) is 0 Å². The fourth-order valence-corrected chi connectivity index (χ4v) is 4.23. The Bertz CT molecular complexity index is 1140. The van der Waals surface area contributed by atoms with Gasteiger partial charge in [0.2, 0.25) is 0 Å². The highest BCUT2D eigenvalue weighted by molar-refractivity contribution is 7.81. The lowest BCUT2D eigenvalue weighted by atomic mass is 10.0. The highest BCUT2D eigenvalue weighted by Crippen LogP contribution is 2.38. The highest BCUT2D eigenvalue weighted by atomic mass is 32.1. The monoisotopic (exact) mass is 455 g/mol. The molecule has 0 spiro atoms. The normalized spacial score (nSPS) is 22.1. The van der Waals surface area contributed by atoms with Gasteiger partial charge in [0.15, 0.2) is 11.6 Å². The van der Waals surface area contributed by atoms with E-state index in [9.17, 15) is 4.79 Å². The molecule has 3 aromatic heterocycles. The Morgan fingerprint density at radius 1 is 1.34 bits per heavy atom. The van der Waals surface area contributed by atoms with Gasteiger partial charge in [-0.05, 0) is 58.9 Å². The molecule has 2 saturated carbocycles. The molecular weight excluding hydrogens is 426 g/mol. The molecule has 10 heteroatoms. The molecule has 2 atom stereocenters. The Labute approximate surface area is 192 Å². The number of hydrogen-bond acceptors (Lipinski definition) is 7. The molecule has 0 aliphatic heterocycles. The molecule has 3 aromatic rings. The number of carbonyl (C=O) groups is 1. The third-order valence-electron chi connectivity index (χ3n) is 6.36. The van der Waals surface area contributed by atoms with Crippen LogP contribution in [0.15, 0.2) is 24.5 Å². The molecule has 2 unspecified atom stereocenters. The molecule has 170 valence electrons. The number of fused-ring (bicyclic) bond motifs is 1. The molecule has 5 rings (SSSR count). The number of hydrogen-bond donors (Lipinski definition) is 4. The van der Waals surface area contributed by atoms with Gasteiger partial charge in [0, 0.05) is 35.6 Å². The van der Waals surface area contributed by atoms with E-state index in [1.807, 2.05) is 39.1 Å². The third kappa shape index (κ3) is 4.41. The van der Waals surface area contributed by atoms with Crippen molar-refractivity contribution >= 4 is 35.9 Å². The first-order chi connectivity index (χ1) is 15.2. The van der Waals surface area contributed by atoms with E-state index < -0.39 is 0 Å². The van der Waals surface area contributed by atoms with Crippen LogP contribution in [0.1, 0.15) is 70.2 Å². The molecule has 3 N–H and O–H groups in total. The van der Waals surface area contributed by atoms with E-state index in [0.717, 1.165) is 49.0 Å². The maximum Gasteiger partial charge on any atom is 0.407 e. The zero-order chi connectivity index (χ0) is 22.5. The number of rotatable bonds is 6. The first-order valence-electron chi connectivity index (χ1n) is 11.1. The van der Waals surface area contributed by atoms with Crippen molar-refractivity contribution in [2.24, 2.45) is 0 Å². The van der Waals surface area contributed by atoms with E-state index in [4.69, 9.17) is 4.74 Å². The molecule has 2 aliphatic carbocycles. The fourth-order valence-electron chi connectivity index (χ4n) is 4.12. The Balaban J connectivity index is 1.24.